The molecule has 0 aromatic heterocycles. The van der Waals surface area contributed by atoms with E-state index in [9.17, 15) is 5.11 Å². The second-order valence-electron chi connectivity index (χ2n) is 3.40. The Labute approximate surface area is 84.9 Å². The fraction of sp³-hybridized carbons (Fsp3) is 0.455. The highest BCUT2D eigenvalue weighted by Gasteiger charge is 2.08. The van der Waals surface area contributed by atoms with Crippen molar-refractivity contribution in [2.75, 3.05) is 25.6 Å². The molecule has 0 bridgehead atoms. The minimum Gasteiger partial charge on any atom is -0.495 e. The Morgan fingerprint density at radius 1 is 1.43 bits per heavy atom. The summed E-state index contributed by atoms with van der Waals surface area (Å²) in [6.45, 7) is 2.37. The smallest absolute Gasteiger partial charge is 0.142 e. The summed E-state index contributed by atoms with van der Waals surface area (Å²) < 4.78 is 5.22. The number of ether oxygens (including phenoxy) is 1. The molecule has 78 valence electrons. The van der Waals surface area contributed by atoms with Crippen molar-refractivity contribution >= 4 is 5.69 Å². The second kappa shape index (κ2) is 4.86. The summed E-state index contributed by atoms with van der Waals surface area (Å²) in [5.74, 6) is 0.829. The van der Waals surface area contributed by atoms with Gasteiger partial charge in [-0.1, -0.05) is 12.1 Å². The minimum atomic E-state index is -0.343. The normalized spacial score (nSPS) is 12.3. The van der Waals surface area contributed by atoms with E-state index in [4.69, 9.17) is 4.74 Å². The third kappa shape index (κ3) is 2.64. The highest BCUT2D eigenvalue weighted by atomic mass is 16.5. The van der Waals surface area contributed by atoms with Crippen molar-refractivity contribution in [1.29, 1.82) is 0 Å². The van der Waals surface area contributed by atoms with E-state index in [1.807, 2.05) is 36.2 Å². The van der Waals surface area contributed by atoms with E-state index in [0.29, 0.717) is 6.54 Å². The molecule has 0 unspecified atom stereocenters. The van der Waals surface area contributed by atoms with Gasteiger partial charge in [-0.05, 0) is 19.1 Å². The van der Waals surface area contributed by atoms with Gasteiger partial charge >= 0.3 is 0 Å². The first kappa shape index (κ1) is 10.9. The molecule has 3 heteroatoms. The average molecular weight is 195 g/mol. The van der Waals surface area contributed by atoms with E-state index in [0.717, 1.165) is 11.4 Å². The molecule has 1 rings (SSSR count). The average Bonchev–Trinajstić information content (AvgIpc) is 2.16. The molecule has 0 fully saturated rings. The number of benzene rings is 1. The van der Waals surface area contributed by atoms with Crippen LogP contribution in [-0.2, 0) is 0 Å². The van der Waals surface area contributed by atoms with Crippen LogP contribution in [0.3, 0.4) is 0 Å². The Balaban J connectivity index is 2.82. The standard InChI is InChI=1S/C11H17NO2/c1-9(13)8-12(2)10-6-4-5-7-11(10)14-3/h4-7,9,13H,8H2,1-3H3/t9-/m1/s1. The molecule has 1 N–H and O–H groups in total. The number of methoxy groups -OCH3 is 1. The van der Waals surface area contributed by atoms with Crippen LogP contribution < -0.4 is 9.64 Å². The Kier molecular flexibility index (Phi) is 3.77. The predicted molar refractivity (Wildman–Crippen MR) is 57.9 cm³/mol. The van der Waals surface area contributed by atoms with Gasteiger partial charge in [-0.3, -0.25) is 0 Å². The van der Waals surface area contributed by atoms with E-state index < -0.39 is 0 Å². The van der Waals surface area contributed by atoms with Crippen molar-refractivity contribution in [1.82, 2.24) is 0 Å². The Morgan fingerprint density at radius 2 is 2.07 bits per heavy atom. The van der Waals surface area contributed by atoms with Gasteiger partial charge in [0.05, 0.1) is 18.9 Å². The Morgan fingerprint density at radius 3 is 2.64 bits per heavy atom. The SMILES string of the molecule is COc1ccccc1N(C)C[C@@H](C)O. The third-order valence-corrected chi connectivity index (χ3v) is 2.03. The van der Waals surface area contributed by atoms with Crippen LogP contribution in [0.5, 0.6) is 5.75 Å². The summed E-state index contributed by atoms with van der Waals surface area (Å²) >= 11 is 0. The summed E-state index contributed by atoms with van der Waals surface area (Å²) in [6.07, 6.45) is -0.343. The lowest BCUT2D eigenvalue weighted by molar-refractivity contribution is 0.201. The zero-order chi connectivity index (χ0) is 10.6. The van der Waals surface area contributed by atoms with Gasteiger partial charge in [0.2, 0.25) is 0 Å². The van der Waals surface area contributed by atoms with Crippen LogP contribution >= 0.6 is 0 Å². The van der Waals surface area contributed by atoms with Gasteiger partial charge in [-0.25, -0.2) is 0 Å². The van der Waals surface area contributed by atoms with Crippen LogP contribution in [-0.4, -0.2) is 31.9 Å². The summed E-state index contributed by atoms with van der Waals surface area (Å²) in [7, 11) is 3.58. The van der Waals surface area contributed by atoms with Gasteiger partial charge in [-0.15, -0.1) is 0 Å². The van der Waals surface area contributed by atoms with E-state index >= 15 is 0 Å². The number of likely N-dealkylation sites (N-methyl/N-ethyl adjacent to an activating group) is 1. The molecule has 0 aliphatic heterocycles. The largest absolute Gasteiger partial charge is 0.495 e. The van der Waals surface area contributed by atoms with Gasteiger partial charge in [0.25, 0.3) is 0 Å². The van der Waals surface area contributed by atoms with Crippen molar-refractivity contribution in [3.63, 3.8) is 0 Å². The van der Waals surface area contributed by atoms with Crippen molar-refractivity contribution in [2.45, 2.75) is 13.0 Å². The van der Waals surface area contributed by atoms with Crippen LogP contribution in [0.15, 0.2) is 24.3 Å². The molecular formula is C11H17NO2. The summed E-state index contributed by atoms with van der Waals surface area (Å²) in [4.78, 5) is 1.98. The summed E-state index contributed by atoms with van der Waals surface area (Å²) in [5, 5.41) is 9.27. The molecule has 1 atom stereocenters. The number of hydrogen-bond acceptors (Lipinski definition) is 3. The van der Waals surface area contributed by atoms with Gasteiger partial charge in [0.1, 0.15) is 5.75 Å². The van der Waals surface area contributed by atoms with Crippen molar-refractivity contribution in [2.24, 2.45) is 0 Å². The topological polar surface area (TPSA) is 32.7 Å². The summed E-state index contributed by atoms with van der Waals surface area (Å²) in [5.41, 5.74) is 0.996. The lowest BCUT2D eigenvalue weighted by Crippen LogP contribution is -2.27. The van der Waals surface area contributed by atoms with E-state index in [2.05, 4.69) is 0 Å². The summed E-state index contributed by atoms with van der Waals surface area (Å²) in [6, 6.07) is 7.77. The molecule has 0 saturated carbocycles. The molecule has 0 aliphatic rings. The fourth-order valence-electron chi connectivity index (χ4n) is 1.44. The van der Waals surface area contributed by atoms with Crippen molar-refractivity contribution in [3.05, 3.63) is 24.3 Å². The maximum atomic E-state index is 9.27. The lowest BCUT2D eigenvalue weighted by Gasteiger charge is -2.22. The number of rotatable bonds is 4. The predicted octanol–water partition coefficient (Wildman–Crippen LogP) is 1.51. The highest BCUT2D eigenvalue weighted by Crippen LogP contribution is 2.26. The number of anilines is 1. The highest BCUT2D eigenvalue weighted by molar-refractivity contribution is 5.57. The van der Waals surface area contributed by atoms with Crippen LogP contribution in [0.1, 0.15) is 6.92 Å². The van der Waals surface area contributed by atoms with E-state index in [1.54, 1.807) is 14.0 Å². The number of nitrogens with zero attached hydrogens (tertiary/aromatic N) is 1. The van der Waals surface area contributed by atoms with E-state index in [-0.39, 0.29) is 6.10 Å². The van der Waals surface area contributed by atoms with Crippen molar-refractivity contribution in [3.8, 4) is 5.75 Å². The Bertz CT molecular complexity index is 286. The minimum absolute atomic E-state index is 0.343. The molecule has 3 nitrogen and oxygen atoms in total. The molecule has 14 heavy (non-hydrogen) atoms. The number of aliphatic hydroxyl groups excluding tert-OH is 1. The molecular weight excluding hydrogens is 178 g/mol. The molecule has 1 aromatic carbocycles. The van der Waals surface area contributed by atoms with Gasteiger partial charge in [-0.2, -0.15) is 0 Å². The van der Waals surface area contributed by atoms with Crippen LogP contribution in [0.25, 0.3) is 0 Å². The zero-order valence-electron chi connectivity index (χ0n) is 8.90. The first-order chi connectivity index (χ1) is 6.65. The quantitative estimate of drug-likeness (QED) is 0.790. The zero-order valence-corrected chi connectivity index (χ0v) is 8.90. The van der Waals surface area contributed by atoms with E-state index in [1.165, 1.54) is 0 Å². The molecule has 0 amide bonds. The fourth-order valence-corrected chi connectivity index (χ4v) is 1.44. The van der Waals surface area contributed by atoms with Crippen LogP contribution in [0, 0.1) is 0 Å². The van der Waals surface area contributed by atoms with Crippen molar-refractivity contribution < 1.29 is 9.84 Å². The van der Waals surface area contributed by atoms with Gasteiger partial charge in [0.15, 0.2) is 0 Å². The second-order valence-corrected chi connectivity index (χ2v) is 3.40. The van der Waals surface area contributed by atoms with Crippen LogP contribution in [0.4, 0.5) is 5.69 Å². The molecule has 0 radical (unpaired) electrons. The molecule has 0 aliphatic carbocycles. The first-order valence-corrected chi connectivity index (χ1v) is 4.67. The number of para-hydroxylation sites is 2. The van der Waals surface area contributed by atoms with Gasteiger partial charge in [0, 0.05) is 13.6 Å². The van der Waals surface area contributed by atoms with Gasteiger partial charge < -0.3 is 14.7 Å². The Hall–Kier alpha value is -1.22. The molecule has 0 heterocycles. The lowest BCUT2D eigenvalue weighted by atomic mass is 10.2. The molecule has 0 saturated heterocycles. The van der Waals surface area contributed by atoms with Crippen LogP contribution in [0.2, 0.25) is 0 Å². The maximum absolute atomic E-state index is 9.27. The first-order valence-electron chi connectivity index (χ1n) is 4.67. The maximum Gasteiger partial charge on any atom is 0.142 e. The third-order valence-electron chi connectivity index (χ3n) is 2.03. The number of aliphatic hydroxyl groups is 1. The molecule has 1 aromatic rings. The molecule has 0 spiro atoms. The monoisotopic (exact) mass is 195 g/mol. The number of hydrogen-bond donors (Lipinski definition) is 1.